The highest BCUT2D eigenvalue weighted by atomic mass is 35.5. The number of para-hydroxylation sites is 1. The third-order valence-corrected chi connectivity index (χ3v) is 4.33. The van der Waals surface area contributed by atoms with Gasteiger partial charge in [0, 0.05) is 23.3 Å². The Morgan fingerprint density at radius 1 is 1.35 bits per heavy atom. The van der Waals surface area contributed by atoms with Crippen LogP contribution in [0.25, 0.3) is 0 Å². The molecule has 0 atom stereocenters. The molecule has 2 N–H and O–H groups in total. The van der Waals surface area contributed by atoms with Gasteiger partial charge in [-0.1, -0.05) is 23.7 Å². The largest absolute Gasteiger partial charge is 0.379 e. The predicted molar refractivity (Wildman–Crippen MR) is 96.4 cm³/mol. The number of hydrogen-bond acceptors (Lipinski definition) is 5. The van der Waals surface area contributed by atoms with Crippen LogP contribution in [0.4, 0.5) is 5.69 Å². The molecule has 0 radical (unpaired) electrons. The molecule has 1 heterocycles. The van der Waals surface area contributed by atoms with Gasteiger partial charge >= 0.3 is 0 Å². The molecule has 0 aliphatic carbocycles. The molecule has 0 saturated heterocycles. The SMILES string of the molecule is CN(C)CCCNC(=O)c1ccccc1NCc1cnc(Cl)s1. The van der Waals surface area contributed by atoms with Crippen molar-refractivity contribution in [2.45, 2.75) is 13.0 Å². The predicted octanol–water partition coefficient (Wildman–Crippen LogP) is 3.09. The van der Waals surface area contributed by atoms with E-state index in [4.69, 9.17) is 11.6 Å². The fraction of sp³-hybridized carbons (Fsp3) is 0.375. The van der Waals surface area contributed by atoms with Crippen molar-refractivity contribution in [1.29, 1.82) is 0 Å². The second-order valence-electron chi connectivity index (χ2n) is 5.39. The van der Waals surface area contributed by atoms with Crippen LogP contribution in [0.3, 0.4) is 0 Å². The number of nitrogens with zero attached hydrogens (tertiary/aromatic N) is 2. The summed E-state index contributed by atoms with van der Waals surface area (Å²) in [6, 6.07) is 7.49. The van der Waals surface area contributed by atoms with E-state index in [1.54, 1.807) is 6.20 Å². The van der Waals surface area contributed by atoms with E-state index in [2.05, 4.69) is 20.5 Å². The fourth-order valence-electron chi connectivity index (χ4n) is 2.08. The number of carbonyl (C=O) groups is 1. The number of nitrogens with one attached hydrogen (secondary N) is 2. The molecule has 0 unspecified atom stereocenters. The molecule has 2 rings (SSSR count). The van der Waals surface area contributed by atoms with E-state index in [0.717, 1.165) is 23.5 Å². The molecule has 0 aliphatic rings. The molecule has 124 valence electrons. The maximum Gasteiger partial charge on any atom is 0.253 e. The number of hydrogen-bond donors (Lipinski definition) is 2. The Balaban J connectivity index is 1.92. The summed E-state index contributed by atoms with van der Waals surface area (Å²) in [5.41, 5.74) is 1.45. The zero-order valence-electron chi connectivity index (χ0n) is 13.3. The lowest BCUT2D eigenvalue weighted by Crippen LogP contribution is -2.27. The minimum atomic E-state index is -0.0609. The first kappa shape index (κ1) is 17.7. The lowest BCUT2D eigenvalue weighted by Gasteiger charge is -2.13. The number of carbonyl (C=O) groups excluding carboxylic acids is 1. The van der Waals surface area contributed by atoms with Gasteiger partial charge in [-0.3, -0.25) is 4.79 Å². The van der Waals surface area contributed by atoms with E-state index < -0.39 is 0 Å². The van der Waals surface area contributed by atoms with Crippen molar-refractivity contribution in [2.75, 3.05) is 32.5 Å². The molecule has 0 fully saturated rings. The summed E-state index contributed by atoms with van der Waals surface area (Å²) < 4.78 is 0.522. The Bertz CT molecular complexity index is 645. The number of rotatable bonds is 8. The van der Waals surface area contributed by atoms with Crippen molar-refractivity contribution in [3.63, 3.8) is 0 Å². The topological polar surface area (TPSA) is 57.3 Å². The average molecular weight is 353 g/mol. The van der Waals surface area contributed by atoms with E-state index >= 15 is 0 Å². The van der Waals surface area contributed by atoms with Crippen LogP contribution in [-0.2, 0) is 6.54 Å². The van der Waals surface area contributed by atoms with E-state index in [9.17, 15) is 4.79 Å². The van der Waals surface area contributed by atoms with Crippen LogP contribution < -0.4 is 10.6 Å². The van der Waals surface area contributed by atoms with Crippen molar-refractivity contribution in [2.24, 2.45) is 0 Å². The van der Waals surface area contributed by atoms with Gasteiger partial charge < -0.3 is 15.5 Å². The molecule has 2 aromatic rings. The Hall–Kier alpha value is -1.63. The summed E-state index contributed by atoms with van der Waals surface area (Å²) in [5.74, 6) is -0.0609. The lowest BCUT2D eigenvalue weighted by atomic mass is 10.1. The molecule has 1 aromatic carbocycles. The van der Waals surface area contributed by atoms with Crippen molar-refractivity contribution in [3.8, 4) is 0 Å². The second kappa shape index (κ2) is 8.86. The highest BCUT2D eigenvalue weighted by molar-refractivity contribution is 7.15. The second-order valence-corrected chi connectivity index (χ2v) is 7.09. The highest BCUT2D eigenvalue weighted by Crippen LogP contribution is 2.20. The van der Waals surface area contributed by atoms with Gasteiger partial charge in [0.25, 0.3) is 5.91 Å². The molecule has 0 saturated carbocycles. The van der Waals surface area contributed by atoms with Crippen molar-refractivity contribution in [3.05, 3.63) is 45.4 Å². The Labute approximate surface area is 145 Å². The third-order valence-electron chi connectivity index (χ3n) is 3.22. The van der Waals surface area contributed by atoms with Crippen LogP contribution in [-0.4, -0.2) is 43.0 Å². The van der Waals surface area contributed by atoms with E-state index in [-0.39, 0.29) is 5.91 Å². The molecule has 23 heavy (non-hydrogen) atoms. The normalized spacial score (nSPS) is 10.8. The quantitative estimate of drug-likeness (QED) is 0.717. The maximum atomic E-state index is 12.3. The zero-order chi connectivity index (χ0) is 16.7. The van der Waals surface area contributed by atoms with Crippen molar-refractivity contribution < 1.29 is 4.79 Å². The van der Waals surface area contributed by atoms with Gasteiger partial charge in [0.15, 0.2) is 4.47 Å². The first-order chi connectivity index (χ1) is 11.1. The first-order valence-electron chi connectivity index (χ1n) is 7.42. The Morgan fingerprint density at radius 2 is 2.13 bits per heavy atom. The number of halogens is 1. The number of aromatic nitrogens is 1. The number of anilines is 1. The molecule has 1 aromatic heterocycles. The molecular weight excluding hydrogens is 332 g/mol. The lowest BCUT2D eigenvalue weighted by molar-refractivity contribution is 0.0953. The number of benzene rings is 1. The van der Waals surface area contributed by atoms with Gasteiger partial charge in [0.1, 0.15) is 0 Å². The summed E-state index contributed by atoms with van der Waals surface area (Å²) in [7, 11) is 4.04. The Kier molecular flexibility index (Phi) is 6.83. The van der Waals surface area contributed by atoms with Crippen molar-refractivity contribution >= 4 is 34.5 Å². The van der Waals surface area contributed by atoms with E-state index in [0.29, 0.717) is 23.1 Å². The van der Waals surface area contributed by atoms with Crippen LogP contribution in [0.15, 0.2) is 30.5 Å². The number of thiazole rings is 1. The molecule has 0 bridgehead atoms. The number of amides is 1. The smallest absolute Gasteiger partial charge is 0.253 e. The van der Waals surface area contributed by atoms with Crippen LogP contribution in [0.1, 0.15) is 21.7 Å². The standard InChI is InChI=1S/C16H21ClN4OS/c1-21(2)9-5-8-18-15(22)13-6-3-4-7-14(13)19-10-12-11-20-16(17)23-12/h3-4,6-7,11,19H,5,8-10H2,1-2H3,(H,18,22). The van der Waals surface area contributed by atoms with E-state index in [1.807, 2.05) is 38.4 Å². The molecular formula is C16H21ClN4OS. The van der Waals surface area contributed by atoms with Crippen LogP contribution in [0, 0.1) is 0 Å². The fourth-order valence-corrected chi connectivity index (χ4v) is 2.99. The average Bonchev–Trinajstić information content (AvgIpc) is 2.95. The van der Waals surface area contributed by atoms with Gasteiger partial charge in [-0.15, -0.1) is 11.3 Å². The van der Waals surface area contributed by atoms with Gasteiger partial charge in [0.05, 0.1) is 12.1 Å². The van der Waals surface area contributed by atoms with Gasteiger partial charge in [0.2, 0.25) is 0 Å². The van der Waals surface area contributed by atoms with Crippen molar-refractivity contribution in [1.82, 2.24) is 15.2 Å². The van der Waals surface area contributed by atoms with Gasteiger partial charge in [-0.25, -0.2) is 4.98 Å². The van der Waals surface area contributed by atoms with Gasteiger partial charge in [-0.2, -0.15) is 0 Å². The summed E-state index contributed by atoms with van der Waals surface area (Å²) >= 11 is 7.26. The summed E-state index contributed by atoms with van der Waals surface area (Å²) in [6.07, 6.45) is 2.66. The molecule has 0 aliphatic heterocycles. The van der Waals surface area contributed by atoms with E-state index in [1.165, 1.54) is 11.3 Å². The monoisotopic (exact) mass is 352 g/mol. The minimum absolute atomic E-state index is 0.0609. The highest BCUT2D eigenvalue weighted by Gasteiger charge is 2.10. The van der Waals surface area contributed by atoms with Gasteiger partial charge in [-0.05, 0) is 39.2 Å². The molecule has 5 nitrogen and oxygen atoms in total. The minimum Gasteiger partial charge on any atom is -0.379 e. The maximum absolute atomic E-state index is 12.3. The Morgan fingerprint density at radius 3 is 2.83 bits per heavy atom. The zero-order valence-corrected chi connectivity index (χ0v) is 14.9. The summed E-state index contributed by atoms with van der Waals surface area (Å²) in [4.78, 5) is 19.5. The molecule has 7 heteroatoms. The molecule has 0 spiro atoms. The first-order valence-corrected chi connectivity index (χ1v) is 8.61. The van der Waals surface area contributed by atoms with Crippen LogP contribution in [0.5, 0.6) is 0 Å². The van der Waals surface area contributed by atoms with Crippen LogP contribution in [0.2, 0.25) is 4.47 Å². The van der Waals surface area contributed by atoms with Crippen LogP contribution >= 0.6 is 22.9 Å². The molecule has 1 amide bonds. The summed E-state index contributed by atoms with van der Waals surface area (Å²) in [6.45, 7) is 2.21. The summed E-state index contributed by atoms with van der Waals surface area (Å²) in [5, 5.41) is 6.24. The third kappa shape index (κ3) is 5.82.